The quantitative estimate of drug-likeness (QED) is 0.176. The number of halogens is 2. The molecule has 0 saturated carbocycles. The van der Waals surface area contributed by atoms with E-state index in [-0.39, 0.29) is 12.7 Å². The summed E-state index contributed by atoms with van der Waals surface area (Å²) in [6.45, 7) is 17.6. The number of amides is 1. The van der Waals surface area contributed by atoms with Crippen LogP contribution < -0.4 is 14.4 Å². The van der Waals surface area contributed by atoms with E-state index in [2.05, 4.69) is 34.7 Å². The lowest BCUT2D eigenvalue weighted by Crippen LogP contribution is -2.49. The van der Waals surface area contributed by atoms with Crippen molar-refractivity contribution in [2.24, 2.45) is 11.3 Å². The second-order valence-corrected chi connectivity index (χ2v) is 17.8. The van der Waals surface area contributed by atoms with Crippen molar-refractivity contribution in [3.8, 4) is 17.6 Å². The Kier molecular flexibility index (Phi) is 13.1. The smallest absolute Gasteiger partial charge is 0.410 e. The number of benzene rings is 2. The van der Waals surface area contributed by atoms with E-state index in [1.54, 1.807) is 0 Å². The van der Waals surface area contributed by atoms with Crippen LogP contribution in [0.1, 0.15) is 95.5 Å². The molecular formula is C43H56Cl2N6O4. The molecule has 0 aliphatic carbocycles. The Morgan fingerprint density at radius 2 is 1.60 bits per heavy atom. The monoisotopic (exact) mass is 790 g/mol. The number of alkyl halides is 1. The molecule has 6 rings (SSSR count). The van der Waals surface area contributed by atoms with Crippen LogP contribution in [-0.4, -0.2) is 89.8 Å². The van der Waals surface area contributed by atoms with E-state index in [4.69, 9.17) is 42.4 Å². The third-order valence-electron chi connectivity index (χ3n) is 11.7. The molecule has 1 aromatic heterocycles. The zero-order valence-corrected chi connectivity index (χ0v) is 34.6. The zero-order chi connectivity index (χ0) is 39.2. The standard InChI is InChI=1S/C43H56Cl2N6O4/c1-41(2,3)55-40(52)51-19-11-31(12-20-51)29-49-21-13-43(14-22-49)15-23-50(24-16-43)39-47-18-10-35(48-39)30-54-36-8-6-33(7-9-36)42(4,5)34-26-32(28-46)38(37(45)27-34)53-25-17-44/h6-10,18,26-27,31H,11-17,19-25,29-30H2,1-5H3. The Morgan fingerprint density at radius 3 is 2.24 bits per heavy atom. The fourth-order valence-corrected chi connectivity index (χ4v) is 8.47. The largest absolute Gasteiger partial charge is 0.489 e. The molecule has 3 aliphatic heterocycles. The Balaban J connectivity index is 0.956. The van der Waals surface area contributed by atoms with Crippen LogP contribution in [0.25, 0.3) is 0 Å². The van der Waals surface area contributed by atoms with Gasteiger partial charge < -0.3 is 28.9 Å². The van der Waals surface area contributed by atoms with Crippen molar-refractivity contribution in [3.05, 3.63) is 76.1 Å². The summed E-state index contributed by atoms with van der Waals surface area (Å²) in [5, 5.41) is 10.2. The second-order valence-electron chi connectivity index (χ2n) is 17.0. The van der Waals surface area contributed by atoms with E-state index >= 15 is 0 Å². The van der Waals surface area contributed by atoms with Gasteiger partial charge in [-0.05, 0) is 125 Å². The molecule has 0 unspecified atom stereocenters. The molecule has 0 bridgehead atoms. The van der Waals surface area contributed by atoms with Gasteiger partial charge in [0.2, 0.25) is 5.95 Å². The van der Waals surface area contributed by atoms with Gasteiger partial charge in [0.1, 0.15) is 30.6 Å². The number of hydrogen-bond donors (Lipinski definition) is 0. The highest BCUT2D eigenvalue weighted by molar-refractivity contribution is 6.32. The normalized spacial score (nSPS) is 18.2. The number of anilines is 1. The molecule has 3 fully saturated rings. The lowest BCUT2D eigenvalue weighted by Gasteiger charge is -2.47. The molecule has 0 atom stereocenters. The molecule has 55 heavy (non-hydrogen) atoms. The van der Waals surface area contributed by atoms with Crippen molar-refractivity contribution in [1.29, 1.82) is 5.26 Å². The minimum atomic E-state index is -0.450. The number of likely N-dealkylation sites (tertiary alicyclic amines) is 2. The van der Waals surface area contributed by atoms with Crippen LogP contribution in [0.15, 0.2) is 48.7 Å². The van der Waals surface area contributed by atoms with Crippen LogP contribution in [-0.2, 0) is 16.8 Å². The molecule has 1 amide bonds. The van der Waals surface area contributed by atoms with Crippen LogP contribution in [0.3, 0.4) is 0 Å². The summed E-state index contributed by atoms with van der Waals surface area (Å²) in [4.78, 5) is 28.9. The van der Waals surface area contributed by atoms with Gasteiger partial charge in [-0.1, -0.05) is 37.6 Å². The van der Waals surface area contributed by atoms with Crippen LogP contribution in [0.5, 0.6) is 11.5 Å². The molecule has 0 N–H and O–H groups in total. The van der Waals surface area contributed by atoms with Crippen molar-refractivity contribution in [3.63, 3.8) is 0 Å². The van der Waals surface area contributed by atoms with Gasteiger partial charge in [0.05, 0.1) is 22.2 Å². The van der Waals surface area contributed by atoms with Crippen LogP contribution in [0, 0.1) is 22.7 Å². The van der Waals surface area contributed by atoms with Crippen molar-refractivity contribution in [2.45, 2.75) is 90.8 Å². The number of nitriles is 1. The van der Waals surface area contributed by atoms with E-state index in [1.165, 1.54) is 12.8 Å². The predicted octanol–water partition coefficient (Wildman–Crippen LogP) is 8.85. The van der Waals surface area contributed by atoms with Crippen molar-refractivity contribution in [2.75, 3.05) is 63.2 Å². The number of rotatable bonds is 11. The first kappa shape index (κ1) is 40.9. The summed E-state index contributed by atoms with van der Waals surface area (Å²) in [5.74, 6) is 2.84. The Labute approximate surface area is 337 Å². The number of aromatic nitrogens is 2. The molecule has 2 aromatic carbocycles. The molecule has 12 heteroatoms. The van der Waals surface area contributed by atoms with Gasteiger partial charge in [-0.15, -0.1) is 11.6 Å². The first-order chi connectivity index (χ1) is 26.3. The van der Waals surface area contributed by atoms with Gasteiger partial charge >= 0.3 is 6.09 Å². The fraction of sp³-hybridized carbons (Fsp3) is 0.581. The zero-order valence-electron chi connectivity index (χ0n) is 33.1. The minimum Gasteiger partial charge on any atom is -0.489 e. The number of hydrogen-bond acceptors (Lipinski definition) is 9. The molecule has 3 saturated heterocycles. The summed E-state index contributed by atoms with van der Waals surface area (Å²) in [5.41, 5.74) is 2.73. The third kappa shape index (κ3) is 10.3. The lowest BCUT2D eigenvalue weighted by atomic mass is 9.71. The SMILES string of the molecule is CC(C)(C)OC(=O)N1CCC(CN2CCC3(CC2)CCN(c2nccc(COc4ccc(C(C)(C)c5cc(Cl)c(OCCCl)c(C#N)c5)cc4)n2)CC3)CC1. The molecule has 4 heterocycles. The molecule has 10 nitrogen and oxygen atoms in total. The van der Waals surface area contributed by atoms with Crippen molar-refractivity contribution >= 4 is 35.2 Å². The Hall–Kier alpha value is -3.78. The predicted molar refractivity (Wildman–Crippen MR) is 217 cm³/mol. The van der Waals surface area contributed by atoms with Crippen LogP contribution in [0.4, 0.5) is 10.7 Å². The Morgan fingerprint density at radius 1 is 0.927 bits per heavy atom. The molecule has 1 spiro atoms. The van der Waals surface area contributed by atoms with E-state index in [9.17, 15) is 10.1 Å². The van der Waals surface area contributed by atoms with E-state index < -0.39 is 11.0 Å². The minimum absolute atomic E-state index is 0.177. The van der Waals surface area contributed by atoms with E-state index in [0.717, 1.165) is 100 Å². The second kappa shape index (κ2) is 17.6. The molecule has 0 radical (unpaired) electrons. The topological polar surface area (TPSA) is 104 Å². The highest BCUT2D eigenvalue weighted by Crippen LogP contribution is 2.42. The molecule has 3 aromatic rings. The summed E-state index contributed by atoms with van der Waals surface area (Å²) in [7, 11) is 0. The van der Waals surface area contributed by atoms with Crippen LogP contribution in [0.2, 0.25) is 5.02 Å². The van der Waals surface area contributed by atoms with Gasteiger partial charge in [0, 0.05) is 44.3 Å². The summed E-state index contributed by atoms with van der Waals surface area (Å²) in [6.07, 6.45) is 8.57. The fourth-order valence-electron chi connectivity index (χ4n) is 8.11. The lowest BCUT2D eigenvalue weighted by molar-refractivity contribution is 0.0146. The number of piperidine rings is 3. The van der Waals surface area contributed by atoms with Gasteiger partial charge in [-0.25, -0.2) is 14.8 Å². The van der Waals surface area contributed by atoms with Gasteiger partial charge in [0.15, 0.2) is 5.75 Å². The average Bonchev–Trinajstić information content (AvgIpc) is 3.17. The van der Waals surface area contributed by atoms with Crippen molar-refractivity contribution in [1.82, 2.24) is 19.8 Å². The van der Waals surface area contributed by atoms with Gasteiger partial charge in [-0.3, -0.25) is 0 Å². The maximum absolute atomic E-state index is 12.5. The Bertz CT molecular complexity index is 1800. The highest BCUT2D eigenvalue weighted by Gasteiger charge is 2.39. The molecule has 3 aliphatic rings. The summed E-state index contributed by atoms with van der Waals surface area (Å²) >= 11 is 12.3. The number of nitrogens with zero attached hydrogens (tertiary/aromatic N) is 6. The maximum Gasteiger partial charge on any atom is 0.410 e. The van der Waals surface area contributed by atoms with Gasteiger partial charge in [-0.2, -0.15) is 5.26 Å². The number of carbonyl (C=O) groups is 1. The van der Waals surface area contributed by atoms with Crippen molar-refractivity contribution < 1.29 is 19.0 Å². The number of ether oxygens (including phenoxy) is 3. The summed E-state index contributed by atoms with van der Waals surface area (Å²) in [6, 6.07) is 15.8. The number of carbonyl (C=O) groups excluding carboxylic acids is 1. The first-order valence-corrected chi connectivity index (χ1v) is 20.6. The van der Waals surface area contributed by atoms with Crippen LogP contribution >= 0.6 is 23.2 Å². The third-order valence-corrected chi connectivity index (χ3v) is 12.1. The van der Waals surface area contributed by atoms with E-state index in [0.29, 0.717) is 40.2 Å². The summed E-state index contributed by atoms with van der Waals surface area (Å²) < 4.78 is 17.4. The highest BCUT2D eigenvalue weighted by atomic mass is 35.5. The molecule has 296 valence electrons. The van der Waals surface area contributed by atoms with E-state index in [1.807, 2.05) is 74.3 Å². The maximum atomic E-state index is 12.5. The first-order valence-electron chi connectivity index (χ1n) is 19.7. The average molecular weight is 792 g/mol. The van der Waals surface area contributed by atoms with Gasteiger partial charge in [0.25, 0.3) is 0 Å². The molecular weight excluding hydrogens is 735 g/mol.